The summed E-state index contributed by atoms with van der Waals surface area (Å²) in [5.74, 6) is -0.385. The van der Waals surface area contributed by atoms with Gasteiger partial charge in [-0.25, -0.2) is 10.1 Å². The van der Waals surface area contributed by atoms with Crippen LogP contribution >= 0.6 is 0 Å². The maximum Gasteiger partial charge on any atom is 0.294 e. The van der Waals surface area contributed by atoms with E-state index < -0.39 is 5.91 Å². The van der Waals surface area contributed by atoms with Gasteiger partial charge in [-0.05, 0) is 28.0 Å². The summed E-state index contributed by atoms with van der Waals surface area (Å²) in [7, 11) is 3.92. The Morgan fingerprint density at radius 3 is 2.52 bits per heavy atom. The van der Waals surface area contributed by atoms with Crippen LogP contribution in [-0.2, 0) is 0 Å². The van der Waals surface area contributed by atoms with Gasteiger partial charge < -0.3 is 10.6 Å². The molecule has 1 amide bonds. The van der Waals surface area contributed by atoms with Gasteiger partial charge in [0.25, 0.3) is 5.91 Å². The molecule has 2 aromatic carbocycles. The summed E-state index contributed by atoms with van der Waals surface area (Å²) in [4.78, 5) is 14.8. The lowest BCUT2D eigenvalue weighted by Crippen LogP contribution is -2.19. The molecular weight excluding hydrogens is 398 g/mol. The molecule has 0 saturated carbocycles. The van der Waals surface area contributed by atoms with Crippen LogP contribution in [0.15, 0.2) is 64.3 Å². The highest BCUT2D eigenvalue weighted by atomic mass is 16.6. The minimum Gasteiger partial charge on any atom is -0.378 e. The second kappa shape index (κ2) is 8.45. The minimum atomic E-state index is -0.540. The highest BCUT2D eigenvalue weighted by molar-refractivity contribution is 5.98. The number of nitrogens with two attached hydrogens (primary N) is 1. The Bertz CT molecular complexity index is 1210. The Morgan fingerprint density at radius 2 is 1.87 bits per heavy atom. The molecule has 2 heterocycles. The van der Waals surface area contributed by atoms with Gasteiger partial charge in [0.1, 0.15) is 5.69 Å². The van der Waals surface area contributed by atoms with Crippen LogP contribution in [0.5, 0.6) is 0 Å². The van der Waals surface area contributed by atoms with E-state index in [-0.39, 0.29) is 17.3 Å². The van der Waals surface area contributed by atoms with Gasteiger partial charge in [-0.15, -0.1) is 5.10 Å². The van der Waals surface area contributed by atoms with Gasteiger partial charge >= 0.3 is 0 Å². The van der Waals surface area contributed by atoms with Crippen molar-refractivity contribution in [2.45, 2.75) is 0 Å². The van der Waals surface area contributed by atoms with E-state index in [0.717, 1.165) is 11.3 Å². The van der Waals surface area contributed by atoms with Gasteiger partial charge in [0, 0.05) is 25.3 Å². The number of anilines is 2. The van der Waals surface area contributed by atoms with Crippen LogP contribution in [0.4, 0.5) is 11.5 Å². The number of rotatable bonds is 6. The summed E-state index contributed by atoms with van der Waals surface area (Å²) >= 11 is 0. The molecule has 0 fully saturated rings. The second-order valence-electron chi connectivity index (χ2n) is 6.72. The first-order valence-corrected chi connectivity index (χ1v) is 9.25. The van der Waals surface area contributed by atoms with E-state index in [1.54, 1.807) is 6.21 Å². The molecule has 156 valence electrons. The number of carbonyl (C=O) groups is 1. The lowest BCUT2D eigenvalue weighted by molar-refractivity contribution is 0.0950. The fourth-order valence-corrected chi connectivity index (χ4v) is 2.85. The van der Waals surface area contributed by atoms with E-state index in [0.29, 0.717) is 11.3 Å². The molecule has 0 spiro atoms. The van der Waals surface area contributed by atoms with Gasteiger partial charge in [-0.1, -0.05) is 47.7 Å². The predicted molar refractivity (Wildman–Crippen MR) is 115 cm³/mol. The minimum absolute atomic E-state index is 0.0215. The number of amides is 1. The zero-order chi connectivity index (χ0) is 21.8. The SMILES string of the molecule is CN(C)c1ccc(/C=N\NC(=O)c2nnn(-c3nonc3N)c2-c2ccccc2)cc1. The topological polar surface area (TPSA) is 140 Å². The first-order valence-electron chi connectivity index (χ1n) is 9.25. The summed E-state index contributed by atoms with van der Waals surface area (Å²) in [5.41, 5.74) is 11.3. The summed E-state index contributed by atoms with van der Waals surface area (Å²) < 4.78 is 5.96. The Balaban J connectivity index is 1.61. The highest BCUT2D eigenvalue weighted by Crippen LogP contribution is 2.26. The monoisotopic (exact) mass is 417 g/mol. The predicted octanol–water partition coefficient (Wildman–Crippen LogP) is 1.73. The van der Waals surface area contributed by atoms with Gasteiger partial charge in [-0.2, -0.15) is 9.78 Å². The molecule has 11 nitrogen and oxygen atoms in total. The van der Waals surface area contributed by atoms with Crippen LogP contribution in [0.3, 0.4) is 0 Å². The number of hydrogen-bond donors (Lipinski definition) is 2. The number of hydrazone groups is 1. The largest absolute Gasteiger partial charge is 0.378 e. The summed E-state index contributed by atoms with van der Waals surface area (Å²) in [5, 5.41) is 19.4. The third-order valence-electron chi connectivity index (χ3n) is 4.42. The van der Waals surface area contributed by atoms with E-state index in [4.69, 9.17) is 5.73 Å². The number of carbonyl (C=O) groups excluding carboxylic acids is 1. The number of hydrogen-bond acceptors (Lipinski definition) is 9. The quantitative estimate of drug-likeness (QED) is 0.357. The van der Waals surface area contributed by atoms with E-state index in [1.807, 2.05) is 73.6 Å². The number of nitrogen functional groups attached to an aromatic ring is 1. The number of benzene rings is 2. The van der Waals surface area contributed by atoms with E-state index in [1.165, 1.54) is 4.68 Å². The Labute approximate surface area is 177 Å². The Hall–Kier alpha value is -4.54. The van der Waals surface area contributed by atoms with Crippen LogP contribution in [-0.4, -0.2) is 51.5 Å². The van der Waals surface area contributed by atoms with E-state index >= 15 is 0 Å². The van der Waals surface area contributed by atoms with Crippen LogP contribution in [0.25, 0.3) is 17.1 Å². The average Bonchev–Trinajstić information content (AvgIpc) is 3.40. The van der Waals surface area contributed by atoms with Crippen molar-refractivity contribution in [2.75, 3.05) is 24.7 Å². The molecule has 0 bridgehead atoms. The van der Waals surface area contributed by atoms with Crippen molar-refractivity contribution in [1.82, 2.24) is 30.7 Å². The first-order chi connectivity index (χ1) is 15.0. The Morgan fingerprint density at radius 1 is 1.13 bits per heavy atom. The van der Waals surface area contributed by atoms with E-state index in [9.17, 15) is 4.79 Å². The highest BCUT2D eigenvalue weighted by Gasteiger charge is 2.24. The number of nitrogens with one attached hydrogen (secondary N) is 1. The van der Waals surface area contributed by atoms with Gasteiger partial charge in [0.15, 0.2) is 5.69 Å². The molecule has 0 aliphatic heterocycles. The molecule has 4 rings (SSSR count). The van der Waals surface area contributed by atoms with E-state index in [2.05, 4.69) is 35.8 Å². The molecule has 0 atom stereocenters. The molecule has 31 heavy (non-hydrogen) atoms. The van der Waals surface area contributed by atoms with Crippen molar-refractivity contribution in [3.05, 3.63) is 65.9 Å². The molecule has 0 saturated heterocycles. The van der Waals surface area contributed by atoms with Crippen LogP contribution in [0.2, 0.25) is 0 Å². The van der Waals surface area contributed by atoms with Gasteiger partial charge in [0.2, 0.25) is 11.6 Å². The molecule has 0 aliphatic carbocycles. The summed E-state index contributed by atoms with van der Waals surface area (Å²) in [6.07, 6.45) is 1.55. The third-order valence-corrected chi connectivity index (χ3v) is 4.42. The second-order valence-corrected chi connectivity index (χ2v) is 6.72. The molecule has 0 radical (unpaired) electrons. The third kappa shape index (κ3) is 4.10. The molecule has 0 unspecified atom stereocenters. The molecule has 11 heteroatoms. The molecular formula is C20H19N9O2. The fraction of sp³-hybridized carbons (Fsp3) is 0.100. The number of aromatic nitrogens is 5. The molecule has 2 aromatic heterocycles. The lowest BCUT2D eigenvalue weighted by atomic mass is 10.1. The van der Waals surface area contributed by atoms with Crippen molar-refractivity contribution in [1.29, 1.82) is 0 Å². The number of nitrogens with zero attached hydrogens (tertiary/aromatic N) is 7. The van der Waals surface area contributed by atoms with Crippen molar-refractivity contribution in [2.24, 2.45) is 5.10 Å². The average molecular weight is 417 g/mol. The van der Waals surface area contributed by atoms with Crippen LogP contribution in [0, 0.1) is 0 Å². The smallest absolute Gasteiger partial charge is 0.294 e. The molecule has 0 aliphatic rings. The molecule has 3 N–H and O–H groups in total. The van der Waals surface area contributed by atoms with Gasteiger partial charge in [-0.3, -0.25) is 4.79 Å². The van der Waals surface area contributed by atoms with Crippen molar-refractivity contribution in [3.63, 3.8) is 0 Å². The lowest BCUT2D eigenvalue weighted by Gasteiger charge is -2.11. The maximum atomic E-state index is 12.8. The van der Waals surface area contributed by atoms with Crippen molar-refractivity contribution < 1.29 is 9.42 Å². The van der Waals surface area contributed by atoms with Crippen LogP contribution in [0.1, 0.15) is 16.1 Å². The van der Waals surface area contributed by atoms with Crippen molar-refractivity contribution >= 4 is 23.6 Å². The Kier molecular flexibility index (Phi) is 5.39. The van der Waals surface area contributed by atoms with Crippen molar-refractivity contribution in [3.8, 4) is 17.1 Å². The normalized spacial score (nSPS) is 11.0. The fourth-order valence-electron chi connectivity index (χ4n) is 2.85. The standard InChI is InChI=1S/C20H19N9O2/c1-28(2)15-10-8-13(9-11-15)12-22-24-20(30)16-17(14-6-4-3-5-7-14)29(27-23-16)19-18(21)25-31-26-19/h3-12H,1-2H3,(H2,21,25)(H,24,30)/b22-12-. The summed E-state index contributed by atoms with van der Waals surface area (Å²) in [6.45, 7) is 0. The summed E-state index contributed by atoms with van der Waals surface area (Å²) in [6, 6.07) is 16.8. The molecule has 4 aromatic rings. The van der Waals surface area contributed by atoms with Crippen LogP contribution < -0.4 is 16.1 Å². The zero-order valence-electron chi connectivity index (χ0n) is 16.8. The van der Waals surface area contributed by atoms with Gasteiger partial charge in [0.05, 0.1) is 6.21 Å². The maximum absolute atomic E-state index is 12.8. The first kappa shape index (κ1) is 19.8. The zero-order valence-corrected chi connectivity index (χ0v) is 16.8.